The van der Waals surface area contributed by atoms with E-state index in [1.807, 2.05) is 0 Å². The van der Waals surface area contributed by atoms with Crippen molar-refractivity contribution in [1.82, 2.24) is 0 Å². The van der Waals surface area contributed by atoms with Gasteiger partial charge in [-0.3, -0.25) is 0 Å². The van der Waals surface area contributed by atoms with Crippen molar-refractivity contribution in [2.75, 3.05) is 0 Å². The van der Waals surface area contributed by atoms with E-state index in [-0.39, 0.29) is 49.9 Å². The van der Waals surface area contributed by atoms with Crippen LogP contribution in [-0.2, 0) is 37.3 Å². The molecule has 0 heterocycles. The van der Waals surface area contributed by atoms with Gasteiger partial charge in [0.05, 0.1) is 0 Å². The first-order chi connectivity index (χ1) is 6.50. The molecule has 12 N–H and O–H groups in total. The van der Waals surface area contributed by atoms with Crippen molar-refractivity contribution in [2.45, 2.75) is 11.0 Å². The average Bonchev–Trinajstić information content (AvgIpc) is 1.77. The maximum absolute atomic E-state index is 10.7. The molecule has 0 saturated carbocycles. The van der Waals surface area contributed by atoms with Gasteiger partial charge in [0.2, 0.25) is 0 Å². The van der Waals surface area contributed by atoms with Gasteiger partial charge in [-0.05, 0) is 0 Å². The molecule has 0 saturated heterocycles. The van der Waals surface area contributed by atoms with Crippen molar-refractivity contribution in [2.24, 2.45) is 0 Å². The monoisotopic (exact) mass is 469 g/mol. The zero-order valence-corrected chi connectivity index (χ0v) is 12.4. The molecular formula is C2H12CuF6O12S2. The molecule has 0 aromatic carbocycles. The maximum atomic E-state index is 10.7. The summed E-state index contributed by atoms with van der Waals surface area (Å²) in [5, 5.41) is 0. The van der Waals surface area contributed by atoms with Crippen LogP contribution < -0.4 is 0 Å². The molecule has 12 nitrogen and oxygen atoms in total. The normalized spacial score (nSPS) is 9.74. The molecule has 1 radical (unpaired) electrons. The summed E-state index contributed by atoms with van der Waals surface area (Å²) in [6.07, 6.45) is 0. The molecule has 0 atom stereocenters. The predicted octanol–water partition coefficient (Wildman–Crippen LogP) is -4.85. The molecule has 0 aromatic heterocycles. The van der Waals surface area contributed by atoms with Crippen molar-refractivity contribution in [3.05, 3.63) is 0 Å². The van der Waals surface area contributed by atoms with Gasteiger partial charge in [0.25, 0.3) is 0 Å². The third-order valence-electron chi connectivity index (χ3n) is 0.567. The Bertz CT molecular complexity index is 381. The first-order valence-electron chi connectivity index (χ1n) is 2.54. The Balaban J connectivity index is -0.0000000187. The van der Waals surface area contributed by atoms with Crippen LogP contribution in [0.15, 0.2) is 0 Å². The largest absolute Gasteiger partial charge is 2.00 e. The summed E-state index contributed by atoms with van der Waals surface area (Å²) in [4.78, 5) is 0. The van der Waals surface area contributed by atoms with Crippen LogP contribution in [-0.4, -0.2) is 69.8 Å². The molecule has 0 bridgehead atoms. The minimum atomic E-state index is -6.09. The van der Waals surface area contributed by atoms with Crippen LogP contribution in [0, 0.1) is 0 Å². The summed E-state index contributed by atoms with van der Waals surface area (Å²) >= 11 is 0. The minimum absolute atomic E-state index is 0. The zero-order valence-electron chi connectivity index (χ0n) is 9.84. The van der Waals surface area contributed by atoms with E-state index in [1.165, 1.54) is 0 Å². The first-order valence-corrected chi connectivity index (χ1v) is 5.36. The van der Waals surface area contributed by atoms with Crippen molar-refractivity contribution < 1.29 is 102 Å². The van der Waals surface area contributed by atoms with Crippen LogP contribution in [0.2, 0.25) is 0 Å². The fraction of sp³-hybridized carbons (Fsp3) is 1.00. The Morgan fingerprint density at radius 3 is 0.565 bits per heavy atom. The molecule has 0 unspecified atom stereocenters. The summed E-state index contributed by atoms with van der Waals surface area (Å²) in [5.74, 6) is 0. The van der Waals surface area contributed by atoms with E-state index in [0.29, 0.717) is 0 Å². The summed E-state index contributed by atoms with van der Waals surface area (Å²) in [5.41, 5.74) is -11.3. The van der Waals surface area contributed by atoms with Crippen LogP contribution >= 0.6 is 0 Å². The third-order valence-corrected chi connectivity index (χ3v) is 1.70. The second kappa shape index (κ2) is 16.5. The van der Waals surface area contributed by atoms with E-state index >= 15 is 0 Å². The second-order valence-corrected chi connectivity index (χ2v) is 4.54. The molecular weight excluding hydrogens is 458 g/mol. The van der Waals surface area contributed by atoms with Crippen LogP contribution in [0.25, 0.3) is 0 Å². The topological polar surface area (TPSA) is 303 Å². The van der Waals surface area contributed by atoms with Crippen molar-refractivity contribution in [3.8, 4) is 0 Å². The molecule has 157 valence electrons. The van der Waals surface area contributed by atoms with Crippen molar-refractivity contribution >= 4 is 20.2 Å². The van der Waals surface area contributed by atoms with E-state index in [2.05, 4.69) is 0 Å². The molecule has 0 amide bonds. The molecule has 0 aromatic rings. The third kappa shape index (κ3) is 26.9. The van der Waals surface area contributed by atoms with E-state index in [9.17, 15) is 26.3 Å². The van der Waals surface area contributed by atoms with Gasteiger partial charge in [-0.15, -0.1) is 0 Å². The van der Waals surface area contributed by atoms with Crippen molar-refractivity contribution in [3.63, 3.8) is 0 Å². The molecule has 0 rings (SSSR count). The summed E-state index contributed by atoms with van der Waals surface area (Å²) in [6, 6.07) is 0. The Morgan fingerprint density at radius 1 is 0.522 bits per heavy atom. The van der Waals surface area contributed by atoms with Crippen LogP contribution in [0.5, 0.6) is 0 Å². The van der Waals surface area contributed by atoms with Gasteiger partial charge in [0.1, 0.15) is 0 Å². The number of alkyl halides is 6. The number of hydrogen-bond donors (Lipinski definition) is 0. The SMILES string of the molecule is O.O.O.O.O.O.O=S(=O)([O-])C(F)(F)F.O=S(=O)([O-])C(F)(F)F.[Cu+2]. The summed E-state index contributed by atoms with van der Waals surface area (Å²) in [6.45, 7) is 0. The smallest absolute Gasteiger partial charge is 0.741 e. The molecule has 23 heavy (non-hydrogen) atoms. The van der Waals surface area contributed by atoms with Gasteiger partial charge in [0, 0.05) is 0 Å². The first kappa shape index (κ1) is 57.0. The molecule has 0 fully saturated rings. The Kier molecular flexibility index (Phi) is 40.9. The summed E-state index contributed by atoms with van der Waals surface area (Å²) in [7, 11) is -12.2. The van der Waals surface area contributed by atoms with Gasteiger partial charge < -0.3 is 42.0 Å². The number of hydrogen-bond acceptors (Lipinski definition) is 6. The van der Waals surface area contributed by atoms with Gasteiger partial charge >= 0.3 is 28.1 Å². The number of halogens is 6. The van der Waals surface area contributed by atoms with E-state index in [0.717, 1.165) is 0 Å². The standard InChI is InChI=1S/2CHF3O3S.Cu.6H2O/c2*2-1(3,4)8(5,6)7;;;;;;;/h2*(H,5,6,7);;6*1H2/q;;+2;;;;;;/p-2. The van der Waals surface area contributed by atoms with Crippen LogP contribution in [0.1, 0.15) is 0 Å². The number of rotatable bonds is 0. The fourth-order valence-corrected chi connectivity index (χ4v) is 0. The zero-order chi connectivity index (χ0) is 14.0. The fourth-order valence-electron chi connectivity index (χ4n) is 0. The molecule has 0 aliphatic heterocycles. The maximum Gasteiger partial charge on any atom is 2.00 e. The predicted molar refractivity (Wildman–Crippen MR) is 53.2 cm³/mol. The molecule has 0 aliphatic carbocycles. The van der Waals surface area contributed by atoms with Gasteiger partial charge in [-0.2, -0.15) is 26.3 Å². The Hall–Kier alpha value is -0.321. The Morgan fingerprint density at radius 2 is 0.565 bits per heavy atom. The van der Waals surface area contributed by atoms with Crippen LogP contribution in [0.4, 0.5) is 26.3 Å². The Labute approximate surface area is 134 Å². The van der Waals surface area contributed by atoms with E-state index in [1.54, 1.807) is 0 Å². The van der Waals surface area contributed by atoms with Gasteiger partial charge in [0.15, 0.2) is 20.2 Å². The quantitative estimate of drug-likeness (QED) is 0.145. The molecule has 0 spiro atoms. The van der Waals surface area contributed by atoms with Crippen molar-refractivity contribution in [1.29, 1.82) is 0 Å². The second-order valence-electron chi connectivity index (χ2n) is 1.80. The van der Waals surface area contributed by atoms with Crippen LogP contribution in [0.3, 0.4) is 0 Å². The average molecular weight is 470 g/mol. The van der Waals surface area contributed by atoms with E-state index in [4.69, 9.17) is 25.9 Å². The molecule has 21 heteroatoms. The summed E-state index contributed by atoms with van der Waals surface area (Å²) < 4.78 is 118. The van der Waals surface area contributed by atoms with Gasteiger partial charge in [-0.1, -0.05) is 0 Å². The molecule has 0 aliphatic rings. The van der Waals surface area contributed by atoms with E-state index < -0.39 is 31.3 Å². The minimum Gasteiger partial charge on any atom is -0.741 e. The van der Waals surface area contributed by atoms with Gasteiger partial charge in [-0.25, -0.2) is 16.8 Å².